The Morgan fingerprint density at radius 3 is 2.85 bits per heavy atom. The lowest BCUT2D eigenvalue weighted by Gasteiger charge is -1.88. The molecule has 1 aromatic heterocycles. The molecular formula is C9H13NO3. The van der Waals surface area contributed by atoms with E-state index in [0.717, 1.165) is 12.8 Å². The maximum Gasteiger partial charge on any atom is 0.309 e. The fourth-order valence-corrected chi connectivity index (χ4v) is 1.12. The van der Waals surface area contributed by atoms with Crippen molar-refractivity contribution in [3.05, 3.63) is 17.3 Å². The Hall–Kier alpha value is -1.32. The van der Waals surface area contributed by atoms with Crippen molar-refractivity contribution in [2.24, 2.45) is 0 Å². The summed E-state index contributed by atoms with van der Waals surface area (Å²) in [6.45, 7) is 3.76. The molecule has 13 heavy (non-hydrogen) atoms. The largest absolute Gasteiger partial charge is 0.481 e. The SMILES string of the molecule is CCCc1nc(CC(=O)O)c(C)o1. The van der Waals surface area contributed by atoms with E-state index in [1.807, 2.05) is 6.92 Å². The van der Waals surface area contributed by atoms with Crippen LogP contribution in [0.1, 0.15) is 30.7 Å². The van der Waals surface area contributed by atoms with Crippen molar-refractivity contribution in [3.8, 4) is 0 Å². The van der Waals surface area contributed by atoms with Crippen molar-refractivity contribution in [1.82, 2.24) is 4.98 Å². The summed E-state index contributed by atoms with van der Waals surface area (Å²) < 4.78 is 5.28. The lowest BCUT2D eigenvalue weighted by molar-refractivity contribution is -0.136. The third kappa shape index (κ3) is 2.57. The molecule has 0 unspecified atom stereocenters. The zero-order chi connectivity index (χ0) is 9.84. The fraction of sp³-hybridized carbons (Fsp3) is 0.556. The van der Waals surface area contributed by atoms with E-state index in [1.165, 1.54) is 0 Å². The van der Waals surface area contributed by atoms with Crippen LogP contribution in [-0.2, 0) is 17.6 Å². The van der Waals surface area contributed by atoms with Crippen molar-refractivity contribution < 1.29 is 14.3 Å². The molecule has 72 valence electrons. The molecule has 0 fully saturated rings. The monoisotopic (exact) mass is 183 g/mol. The predicted molar refractivity (Wildman–Crippen MR) is 46.6 cm³/mol. The molecule has 0 aliphatic heterocycles. The van der Waals surface area contributed by atoms with E-state index in [0.29, 0.717) is 17.3 Å². The Morgan fingerprint density at radius 1 is 1.62 bits per heavy atom. The maximum absolute atomic E-state index is 10.4. The second kappa shape index (κ2) is 4.07. The first-order chi connectivity index (χ1) is 6.13. The number of rotatable bonds is 4. The predicted octanol–water partition coefficient (Wildman–Crippen LogP) is 1.56. The van der Waals surface area contributed by atoms with Gasteiger partial charge in [-0.3, -0.25) is 4.79 Å². The average molecular weight is 183 g/mol. The first-order valence-corrected chi connectivity index (χ1v) is 4.30. The minimum Gasteiger partial charge on any atom is -0.481 e. The van der Waals surface area contributed by atoms with Gasteiger partial charge >= 0.3 is 5.97 Å². The van der Waals surface area contributed by atoms with Crippen LogP contribution < -0.4 is 0 Å². The zero-order valence-corrected chi connectivity index (χ0v) is 7.83. The Kier molecular flexibility index (Phi) is 3.06. The molecule has 0 atom stereocenters. The molecule has 1 N–H and O–H groups in total. The van der Waals surface area contributed by atoms with Crippen LogP contribution >= 0.6 is 0 Å². The first kappa shape index (κ1) is 9.77. The van der Waals surface area contributed by atoms with Crippen LogP contribution in [0.25, 0.3) is 0 Å². The standard InChI is InChI=1S/C9H13NO3/c1-3-4-8-10-7(5-9(11)12)6(2)13-8/h3-5H2,1-2H3,(H,11,12). The molecule has 0 saturated carbocycles. The van der Waals surface area contributed by atoms with E-state index in [-0.39, 0.29) is 6.42 Å². The van der Waals surface area contributed by atoms with E-state index in [2.05, 4.69) is 4.98 Å². The number of aryl methyl sites for hydroxylation is 2. The third-order valence-corrected chi connectivity index (χ3v) is 1.72. The molecule has 4 heteroatoms. The number of aromatic nitrogens is 1. The molecule has 1 aromatic rings. The Balaban J connectivity index is 2.77. The minimum atomic E-state index is -0.876. The van der Waals surface area contributed by atoms with Crippen molar-refractivity contribution in [1.29, 1.82) is 0 Å². The topological polar surface area (TPSA) is 63.3 Å². The number of oxazole rings is 1. The second-order valence-electron chi connectivity index (χ2n) is 2.93. The van der Waals surface area contributed by atoms with Gasteiger partial charge in [0.2, 0.25) is 0 Å². The van der Waals surface area contributed by atoms with Crippen molar-refractivity contribution in [3.63, 3.8) is 0 Å². The highest BCUT2D eigenvalue weighted by Crippen LogP contribution is 2.11. The summed E-state index contributed by atoms with van der Waals surface area (Å²) in [5.74, 6) is 0.376. The number of carbonyl (C=O) groups is 1. The van der Waals surface area contributed by atoms with Gasteiger partial charge < -0.3 is 9.52 Å². The van der Waals surface area contributed by atoms with Gasteiger partial charge in [-0.2, -0.15) is 0 Å². The van der Waals surface area contributed by atoms with Gasteiger partial charge in [-0.25, -0.2) is 4.98 Å². The number of carboxylic acid groups (broad SMARTS) is 1. The van der Waals surface area contributed by atoms with Crippen LogP contribution in [0.15, 0.2) is 4.42 Å². The third-order valence-electron chi connectivity index (χ3n) is 1.72. The Morgan fingerprint density at radius 2 is 2.31 bits per heavy atom. The highest BCUT2D eigenvalue weighted by Gasteiger charge is 2.11. The summed E-state index contributed by atoms with van der Waals surface area (Å²) in [5, 5.41) is 8.55. The van der Waals surface area contributed by atoms with E-state index in [4.69, 9.17) is 9.52 Å². The maximum atomic E-state index is 10.4. The number of nitrogens with zero attached hydrogens (tertiary/aromatic N) is 1. The number of aliphatic carboxylic acids is 1. The van der Waals surface area contributed by atoms with Gasteiger partial charge in [0.25, 0.3) is 0 Å². The van der Waals surface area contributed by atoms with Gasteiger partial charge in [0.05, 0.1) is 12.1 Å². The van der Waals surface area contributed by atoms with Crippen molar-refractivity contribution >= 4 is 5.97 Å². The molecule has 0 radical (unpaired) electrons. The molecule has 0 aromatic carbocycles. The number of hydrogen-bond acceptors (Lipinski definition) is 3. The van der Waals surface area contributed by atoms with Crippen molar-refractivity contribution in [2.45, 2.75) is 33.1 Å². The molecule has 0 aliphatic rings. The van der Waals surface area contributed by atoms with Gasteiger partial charge in [-0.15, -0.1) is 0 Å². The highest BCUT2D eigenvalue weighted by atomic mass is 16.4. The Labute approximate surface area is 76.6 Å². The fourth-order valence-electron chi connectivity index (χ4n) is 1.12. The summed E-state index contributed by atoms with van der Waals surface area (Å²) in [6.07, 6.45) is 1.66. The van der Waals surface area contributed by atoms with Gasteiger partial charge in [0, 0.05) is 6.42 Å². The van der Waals surface area contributed by atoms with Crippen LogP contribution in [-0.4, -0.2) is 16.1 Å². The molecule has 4 nitrogen and oxygen atoms in total. The molecule has 0 bridgehead atoms. The van der Waals surface area contributed by atoms with E-state index >= 15 is 0 Å². The van der Waals surface area contributed by atoms with Crippen LogP contribution in [0.5, 0.6) is 0 Å². The normalized spacial score (nSPS) is 10.3. The lowest BCUT2D eigenvalue weighted by atomic mass is 10.3. The van der Waals surface area contributed by atoms with Crippen LogP contribution in [0.3, 0.4) is 0 Å². The van der Waals surface area contributed by atoms with Crippen LogP contribution in [0.2, 0.25) is 0 Å². The zero-order valence-electron chi connectivity index (χ0n) is 7.83. The molecule has 1 heterocycles. The molecule has 0 aliphatic carbocycles. The minimum absolute atomic E-state index is 0.0565. The van der Waals surface area contributed by atoms with E-state index in [9.17, 15) is 4.79 Å². The second-order valence-corrected chi connectivity index (χ2v) is 2.93. The summed E-state index contributed by atoms with van der Waals surface area (Å²) in [4.78, 5) is 14.5. The van der Waals surface area contributed by atoms with Gasteiger partial charge in [-0.05, 0) is 13.3 Å². The molecule has 0 saturated heterocycles. The molecular weight excluding hydrogens is 170 g/mol. The van der Waals surface area contributed by atoms with E-state index in [1.54, 1.807) is 6.92 Å². The quantitative estimate of drug-likeness (QED) is 0.769. The summed E-state index contributed by atoms with van der Waals surface area (Å²) in [5.41, 5.74) is 0.538. The van der Waals surface area contributed by atoms with Gasteiger partial charge in [-0.1, -0.05) is 6.92 Å². The number of hydrogen-bond donors (Lipinski definition) is 1. The average Bonchev–Trinajstić information content (AvgIpc) is 2.31. The molecule has 1 rings (SSSR count). The van der Waals surface area contributed by atoms with E-state index < -0.39 is 5.97 Å². The molecule has 0 amide bonds. The van der Waals surface area contributed by atoms with Gasteiger partial charge in [0.15, 0.2) is 5.89 Å². The smallest absolute Gasteiger partial charge is 0.309 e. The van der Waals surface area contributed by atoms with Crippen LogP contribution in [0.4, 0.5) is 0 Å². The summed E-state index contributed by atoms with van der Waals surface area (Å²) >= 11 is 0. The Bertz CT molecular complexity index is 304. The summed E-state index contributed by atoms with van der Waals surface area (Å²) in [7, 11) is 0. The van der Waals surface area contributed by atoms with Gasteiger partial charge in [0.1, 0.15) is 5.76 Å². The lowest BCUT2D eigenvalue weighted by Crippen LogP contribution is -2.01. The first-order valence-electron chi connectivity index (χ1n) is 4.30. The van der Waals surface area contributed by atoms with Crippen LogP contribution in [0, 0.1) is 6.92 Å². The summed E-state index contributed by atoms with van der Waals surface area (Å²) in [6, 6.07) is 0. The highest BCUT2D eigenvalue weighted by molar-refractivity contribution is 5.69. The van der Waals surface area contributed by atoms with Crippen molar-refractivity contribution in [2.75, 3.05) is 0 Å². The number of carboxylic acids is 1. The molecule has 0 spiro atoms.